The fraction of sp³-hybridized carbons (Fsp3) is 0.480. The molecule has 4 nitrogen and oxygen atoms in total. The molecule has 5 rings (SSSR count). The van der Waals surface area contributed by atoms with Gasteiger partial charge in [-0.05, 0) is 54.1 Å². The molecule has 2 saturated heterocycles. The van der Waals surface area contributed by atoms with E-state index in [2.05, 4.69) is 10.2 Å². The van der Waals surface area contributed by atoms with Gasteiger partial charge in [-0.25, -0.2) is 0 Å². The number of nitrogens with zero attached hydrogens (tertiary/aromatic N) is 1. The first-order chi connectivity index (χ1) is 15.9. The Kier molecular flexibility index (Phi) is 5.12. The van der Waals surface area contributed by atoms with E-state index in [0.29, 0.717) is 37.2 Å². The van der Waals surface area contributed by atoms with Gasteiger partial charge in [0.05, 0.1) is 5.41 Å². The smallest absolute Gasteiger partial charge is 0.371 e. The highest BCUT2D eigenvalue weighted by Gasteiger charge is 2.78. The number of amides is 1. The third-order valence-corrected chi connectivity index (χ3v) is 7.68. The van der Waals surface area contributed by atoms with E-state index in [9.17, 15) is 31.9 Å². The summed E-state index contributed by atoms with van der Waals surface area (Å²) in [5, 5.41) is 12.7. The van der Waals surface area contributed by atoms with Gasteiger partial charge in [-0.2, -0.15) is 22.0 Å². The molecular weight excluding hydrogens is 455 g/mol. The Balaban J connectivity index is 1.40. The van der Waals surface area contributed by atoms with Crippen LogP contribution in [0.2, 0.25) is 0 Å². The van der Waals surface area contributed by atoms with Gasteiger partial charge >= 0.3 is 12.1 Å². The summed E-state index contributed by atoms with van der Waals surface area (Å²) in [7, 11) is 0. The molecule has 2 N–H and O–H groups in total. The van der Waals surface area contributed by atoms with Crippen molar-refractivity contribution < 1.29 is 31.9 Å². The Bertz CT molecular complexity index is 1160. The van der Waals surface area contributed by atoms with Gasteiger partial charge in [0.1, 0.15) is 0 Å². The van der Waals surface area contributed by atoms with E-state index in [-0.39, 0.29) is 11.3 Å². The van der Waals surface area contributed by atoms with Crippen molar-refractivity contribution in [3.63, 3.8) is 0 Å². The van der Waals surface area contributed by atoms with Crippen LogP contribution in [0.4, 0.5) is 22.0 Å². The van der Waals surface area contributed by atoms with Crippen LogP contribution in [0.5, 0.6) is 0 Å². The molecule has 2 fully saturated rings. The molecule has 2 atom stereocenters. The van der Waals surface area contributed by atoms with Crippen LogP contribution in [0.3, 0.4) is 0 Å². The van der Waals surface area contributed by atoms with Crippen LogP contribution < -0.4 is 5.32 Å². The molecule has 0 radical (unpaired) electrons. The summed E-state index contributed by atoms with van der Waals surface area (Å²) in [6.07, 6.45) is -3.21. The molecular formula is C25H25F5N2O2. The minimum atomic E-state index is -5.48. The van der Waals surface area contributed by atoms with Crippen LogP contribution in [-0.4, -0.2) is 41.7 Å². The van der Waals surface area contributed by atoms with Gasteiger partial charge in [-0.1, -0.05) is 37.3 Å². The largest absolute Gasteiger partial charge is 0.427 e. The van der Waals surface area contributed by atoms with Gasteiger partial charge in [-0.15, -0.1) is 0 Å². The number of fused-ring (bicyclic) bond motifs is 1. The fourth-order valence-electron chi connectivity index (χ4n) is 5.70. The molecule has 1 spiro atoms. The molecule has 34 heavy (non-hydrogen) atoms. The highest BCUT2D eigenvalue weighted by atomic mass is 19.4. The topological polar surface area (TPSA) is 52.6 Å². The minimum absolute atomic E-state index is 0.120. The highest BCUT2D eigenvalue weighted by Crippen LogP contribution is 2.63. The second-order valence-electron chi connectivity index (χ2n) is 9.63. The van der Waals surface area contributed by atoms with Gasteiger partial charge in [-0.3, -0.25) is 9.69 Å². The first-order valence-corrected chi connectivity index (χ1v) is 11.4. The Morgan fingerprint density at radius 1 is 1.09 bits per heavy atom. The van der Waals surface area contributed by atoms with Crippen molar-refractivity contribution in [2.75, 3.05) is 19.6 Å². The normalized spacial score (nSPS) is 28.1. The quantitative estimate of drug-likeness (QED) is 0.635. The van der Waals surface area contributed by atoms with Crippen LogP contribution >= 0.6 is 0 Å². The van der Waals surface area contributed by atoms with E-state index >= 15 is 0 Å². The molecule has 2 aliphatic heterocycles. The highest BCUT2D eigenvalue weighted by molar-refractivity contribution is 5.85. The fourth-order valence-corrected chi connectivity index (χ4v) is 5.70. The van der Waals surface area contributed by atoms with Crippen molar-refractivity contribution in [2.24, 2.45) is 5.41 Å². The lowest BCUT2D eigenvalue weighted by atomic mass is 9.68. The molecule has 9 heteroatoms. The van der Waals surface area contributed by atoms with Crippen molar-refractivity contribution >= 4 is 5.91 Å². The molecule has 2 aromatic rings. The maximum atomic E-state index is 14.4. The Labute approximate surface area is 193 Å². The first kappa shape index (κ1) is 23.2. The van der Waals surface area contributed by atoms with Crippen LogP contribution in [0, 0.1) is 5.41 Å². The van der Waals surface area contributed by atoms with E-state index in [1.165, 1.54) is 6.07 Å². The van der Waals surface area contributed by atoms with E-state index in [1.54, 1.807) is 6.07 Å². The molecule has 1 amide bonds. The van der Waals surface area contributed by atoms with Crippen LogP contribution in [0.25, 0.3) is 11.1 Å². The van der Waals surface area contributed by atoms with E-state index in [0.717, 1.165) is 42.6 Å². The number of aryl methyl sites for hydroxylation is 1. The lowest BCUT2D eigenvalue weighted by Gasteiger charge is -2.47. The van der Waals surface area contributed by atoms with Crippen molar-refractivity contribution in [3.05, 3.63) is 58.7 Å². The number of halogens is 5. The molecule has 2 heterocycles. The number of hydrogen-bond acceptors (Lipinski definition) is 3. The molecule has 2 unspecified atom stereocenters. The summed E-state index contributed by atoms with van der Waals surface area (Å²) in [6.45, 7) is 4.81. The zero-order valence-corrected chi connectivity index (χ0v) is 18.6. The maximum Gasteiger partial charge on any atom is 0.427 e. The van der Waals surface area contributed by atoms with Crippen LogP contribution in [0.1, 0.15) is 42.0 Å². The van der Waals surface area contributed by atoms with Crippen molar-refractivity contribution in [3.8, 4) is 11.1 Å². The second-order valence-corrected chi connectivity index (χ2v) is 9.63. The summed E-state index contributed by atoms with van der Waals surface area (Å²) < 4.78 is 68.3. The average molecular weight is 480 g/mol. The summed E-state index contributed by atoms with van der Waals surface area (Å²) in [6, 6.07) is 9.01. The monoisotopic (exact) mass is 480 g/mol. The molecule has 2 aromatic carbocycles. The number of benzene rings is 2. The lowest BCUT2D eigenvalue weighted by molar-refractivity contribution is -0.364. The van der Waals surface area contributed by atoms with Gasteiger partial charge in [0, 0.05) is 30.8 Å². The lowest BCUT2D eigenvalue weighted by Crippen LogP contribution is -2.62. The molecule has 1 aliphatic carbocycles. The van der Waals surface area contributed by atoms with Crippen molar-refractivity contribution in [1.29, 1.82) is 0 Å². The van der Waals surface area contributed by atoms with Crippen LogP contribution in [-0.2, 0) is 29.3 Å². The number of likely N-dealkylation sites (tertiary alicyclic amines) is 1. The van der Waals surface area contributed by atoms with Gasteiger partial charge < -0.3 is 10.4 Å². The van der Waals surface area contributed by atoms with Crippen molar-refractivity contribution in [2.45, 2.75) is 50.4 Å². The number of rotatable bonds is 4. The summed E-state index contributed by atoms with van der Waals surface area (Å²) in [5.41, 5.74) is -3.10. The third kappa shape index (κ3) is 3.12. The predicted molar refractivity (Wildman–Crippen MR) is 115 cm³/mol. The molecule has 0 aromatic heterocycles. The molecule has 3 aliphatic rings. The SMILES string of the molecule is CCc1cc(CN2CCC3(CCNC3=O)C2)ccc1-c1ccc2c(c1)C(F)(F)C2(O)C(F)(F)F. The van der Waals surface area contributed by atoms with Gasteiger partial charge in [0.2, 0.25) is 5.91 Å². The van der Waals surface area contributed by atoms with Crippen LogP contribution in [0.15, 0.2) is 36.4 Å². The number of carbonyl (C=O) groups is 1. The average Bonchev–Trinajstić information content (AvgIpc) is 3.37. The Morgan fingerprint density at radius 2 is 1.85 bits per heavy atom. The number of hydrogen-bond donors (Lipinski definition) is 2. The summed E-state index contributed by atoms with van der Waals surface area (Å²) in [5.74, 6) is -4.30. The summed E-state index contributed by atoms with van der Waals surface area (Å²) >= 11 is 0. The van der Waals surface area contributed by atoms with Crippen molar-refractivity contribution in [1.82, 2.24) is 10.2 Å². The standard InChI is InChI=1S/C25H25F5N2O2/c1-2-16-11-15(13-32-10-8-22(14-32)7-9-31-21(22)33)3-5-18(16)17-4-6-19-20(12-17)24(26,27)23(19,34)25(28,29)30/h3-6,11-12,34H,2,7-10,13-14H2,1H3,(H,31,33). The third-order valence-electron chi connectivity index (χ3n) is 7.68. The molecule has 0 saturated carbocycles. The van der Waals surface area contributed by atoms with Gasteiger partial charge in [0.15, 0.2) is 0 Å². The molecule has 0 bridgehead atoms. The second kappa shape index (κ2) is 7.49. The van der Waals surface area contributed by atoms with E-state index in [1.807, 2.05) is 19.1 Å². The molecule has 182 valence electrons. The Morgan fingerprint density at radius 3 is 2.50 bits per heavy atom. The van der Waals surface area contributed by atoms with E-state index < -0.39 is 28.8 Å². The number of aliphatic hydroxyl groups is 1. The summed E-state index contributed by atoms with van der Waals surface area (Å²) in [4.78, 5) is 14.5. The van der Waals surface area contributed by atoms with E-state index in [4.69, 9.17) is 0 Å². The zero-order valence-electron chi connectivity index (χ0n) is 18.6. The zero-order chi connectivity index (χ0) is 24.5. The predicted octanol–water partition coefficient (Wildman–Crippen LogP) is 4.48. The van der Waals surface area contributed by atoms with Gasteiger partial charge in [0.25, 0.3) is 5.60 Å². The maximum absolute atomic E-state index is 14.4. The first-order valence-electron chi connectivity index (χ1n) is 11.4. The number of carbonyl (C=O) groups excluding carboxylic acids is 1. The minimum Gasteiger partial charge on any atom is -0.371 e. The number of alkyl halides is 5. The Hall–Kier alpha value is -2.52. The number of nitrogens with one attached hydrogen (secondary N) is 1.